The van der Waals surface area contributed by atoms with Crippen LogP contribution >= 0.6 is 0 Å². The van der Waals surface area contributed by atoms with Gasteiger partial charge in [0.15, 0.2) is 0 Å². The molecule has 1 fully saturated rings. The summed E-state index contributed by atoms with van der Waals surface area (Å²) in [5.74, 6) is 1.01. The lowest BCUT2D eigenvalue weighted by atomic mass is 10.1. The third kappa shape index (κ3) is 5.05. The highest BCUT2D eigenvalue weighted by molar-refractivity contribution is 5.76. The fourth-order valence-electron chi connectivity index (χ4n) is 3.00. The van der Waals surface area contributed by atoms with Crippen molar-refractivity contribution < 1.29 is 13.9 Å². The summed E-state index contributed by atoms with van der Waals surface area (Å²) < 4.78 is 18.5. The molecule has 1 aliphatic rings. The molecule has 0 spiro atoms. The maximum atomic E-state index is 12.9. The Morgan fingerprint density at radius 1 is 1.16 bits per heavy atom. The Bertz CT molecular complexity index is 683. The summed E-state index contributed by atoms with van der Waals surface area (Å²) in [5.41, 5.74) is 1.14. The van der Waals surface area contributed by atoms with Crippen LogP contribution in [0.15, 0.2) is 54.6 Å². The molecule has 0 N–H and O–H groups in total. The minimum atomic E-state index is -0.296. The van der Waals surface area contributed by atoms with Gasteiger partial charge in [-0.05, 0) is 55.5 Å². The third-order valence-electron chi connectivity index (χ3n) is 4.71. The lowest BCUT2D eigenvalue weighted by Crippen LogP contribution is -2.40. The van der Waals surface area contributed by atoms with Crippen molar-refractivity contribution in [2.24, 2.45) is 5.92 Å². The molecule has 0 radical (unpaired) electrons. The topological polar surface area (TPSA) is 29.5 Å². The first-order chi connectivity index (χ1) is 12.1. The van der Waals surface area contributed by atoms with Crippen molar-refractivity contribution in [3.63, 3.8) is 0 Å². The molecule has 25 heavy (non-hydrogen) atoms. The monoisotopic (exact) mass is 341 g/mol. The van der Waals surface area contributed by atoms with Gasteiger partial charge in [0.25, 0.3) is 0 Å². The van der Waals surface area contributed by atoms with Crippen LogP contribution in [0.25, 0.3) is 0 Å². The Morgan fingerprint density at radius 3 is 2.48 bits per heavy atom. The first kappa shape index (κ1) is 17.5. The molecule has 3 nitrogen and oxygen atoms in total. The summed E-state index contributed by atoms with van der Waals surface area (Å²) >= 11 is 0. The number of nitrogens with zero attached hydrogens (tertiary/aromatic N) is 1. The standard InChI is InChI=1S/C21H24FNO2/c1-16(18-7-8-18)23(15-17-5-3-2-4-6-17)21(24)13-14-25-20-11-9-19(22)10-12-20/h2-6,9-12,16,18H,7-8,13-15H2,1H3. The molecule has 132 valence electrons. The molecule has 1 aliphatic carbocycles. The van der Waals surface area contributed by atoms with Crippen LogP contribution in [0.1, 0.15) is 31.7 Å². The van der Waals surface area contributed by atoms with Crippen molar-refractivity contribution in [3.05, 3.63) is 66.0 Å². The van der Waals surface area contributed by atoms with Crippen LogP contribution in [0, 0.1) is 11.7 Å². The Hall–Kier alpha value is -2.36. The Balaban J connectivity index is 1.57. The van der Waals surface area contributed by atoms with E-state index in [1.807, 2.05) is 23.1 Å². The fraction of sp³-hybridized carbons (Fsp3) is 0.381. The summed E-state index contributed by atoms with van der Waals surface area (Å²) in [6.45, 7) is 3.07. The van der Waals surface area contributed by atoms with Crippen molar-refractivity contribution in [2.45, 2.75) is 38.8 Å². The Morgan fingerprint density at radius 2 is 1.84 bits per heavy atom. The van der Waals surface area contributed by atoms with Crippen LogP contribution in [0.4, 0.5) is 4.39 Å². The number of carbonyl (C=O) groups is 1. The summed E-state index contributed by atoms with van der Waals surface area (Å²) in [4.78, 5) is 14.7. The van der Waals surface area contributed by atoms with Crippen LogP contribution in [-0.2, 0) is 11.3 Å². The average Bonchev–Trinajstić information content (AvgIpc) is 3.47. The van der Waals surface area contributed by atoms with Gasteiger partial charge in [-0.15, -0.1) is 0 Å². The van der Waals surface area contributed by atoms with E-state index < -0.39 is 0 Å². The summed E-state index contributed by atoms with van der Waals surface area (Å²) in [6, 6.07) is 16.2. The highest BCUT2D eigenvalue weighted by Crippen LogP contribution is 2.36. The fourth-order valence-corrected chi connectivity index (χ4v) is 3.00. The molecule has 1 saturated carbocycles. The molecule has 0 aliphatic heterocycles. The smallest absolute Gasteiger partial charge is 0.226 e. The van der Waals surface area contributed by atoms with Gasteiger partial charge in [0.1, 0.15) is 11.6 Å². The zero-order valence-corrected chi connectivity index (χ0v) is 14.5. The highest BCUT2D eigenvalue weighted by atomic mass is 19.1. The van der Waals surface area contributed by atoms with Crippen LogP contribution in [0.3, 0.4) is 0 Å². The highest BCUT2D eigenvalue weighted by Gasteiger charge is 2.34. The van der Waals surface area contributed by atoms with Crippen LogP contribution in [0.2, 0.25) is 0 Å². The van der Waals surface area contributed by atoms with E-state index in [0.29, 0.717) is 31.2 Å². The predicted octanol–water partition coefficient (Wildman–Crippen LogP) is 4.42. The van der Waals surface area contributed by atoms with Gasteiger partial charge < -0.3 is 9.64 Å². The largest absolute Gasteiger partial charge is 0.493 e. The predicted molar refractivity (Wildman–Crippen MR) is 95.7 cm³/mol. The second-order valence-corrected chi connectivity index (χ2v) is 6.64. The summed E-state index contributed by atoms with van der Waals surface area (Å²) in [5, 5.41) is 0. The molecule has 1 atom stereocenters. The number of rotatable bonds is 8. The van der Waals surface area contributed by atoms with Crippen LogP contribution < -0.4 is 4.74 Å². The van der Waals surface area contributed by atoms with Crippen LogP contribution in [0.5, 0.6) is 5.75 Å². The van der Waals surface area contributed by atoms with E-state index in [2.05, 4.69) is 19.1 Å². The van der Waals surface area contributed by atoms with E-state index in [4.69, 9.17) is 4.74 Å². The molecule has 0 saturated heterocycles. The molecule has 1 unspecified atom stereocenters. The molecule has 3 rings (SSSR count). The van der Waals surface area contributed by atoms with Gasteiger partial charge in [0, 0.05) is 12.6 Å². The van der Waals surface area contributed by atoms with Gasteiger partial charge in [0.05, 0.1) is 13.0 Å². The second kappa shape index (κ2) is 8.15. The molecule has 4 heteroatoms. The van der Waals surface area contributed by atoms with Crippen LogP contribution in [-0.4, -0.2) is 23.5 Å². The number of halogens is 1. The van der Waals surface area contributed by atoms with Gasteiger partial charge in [-0.2, -0.15) is 0 Å². The molecular formula is C21H24FNO2. The quantitative estimate of drug-likeness (QED) is 0.711. The molecule has 2 aromatic carbocycles. The van der Waals surface area contributed by atoms with E-state index in [0.717, 1.165) is 5.56 Å². The molecule has 2 aromatic rings. The molecule has 1 amide bonds. The SMILES string of the molecule is CC(C1CC1)N(Cc1ccccc1)C(=O)CCOc1ccc(F)cc1. The number of benzene rings is 2. The van der Waals surface area contributed by atoms with Gasteiger partial charge in [-0.1, -0.05) is 30.3 Å². The minimum Gasteiger partial charge on any atom is -0.493 e. The summed E-state index contributed by atoms with van der Waals surface area (Å²) in [7, 11) is 0. The normalized spacial score (nSPS) is 14.8. The molecule has 0 aromatic heterocycles. The maximum absolute atomic E-state index is 12.9. The van der Waals surface area contributed by atoms with E-state index in [-0.39, 0.29) is 17.8 Å². The lowest BCUT2D eigenvalue weighted by Gasteiger charge is -2.30. The van der Waals surface area contributed by atoms with Crippen molar-refractivity contribution in [3.8, 4) is 5.75 Å². The van der Waals surface area contributed by atoms with E-state index >= 15 is 0 Å². The van der Waals surface area contributed by atoms with Gasteiger partial charge in [0.2, 0.25) is 5.91 Å². The first-order valence-electron chi connectivity index (χ1n) is 8.85. The van der Waals surface area contributed by atoms with Crippen molar-refractivity contribution in [1.29, 1.82) is 0 Å². The Kier molecular flexibility index (Phi) is 5.69. The summed E-state index contributed by atoms with van der Waals surface area (Å²) in [6.07, 6.45) is 2.72. The maximum Gasteiger partial charge on any atom is 0.226 e. The van der Waals surface area contributed by atoms with Crippen molar-refractivity contribution in [2.75, 3.05) is 6.61 Å². The third-order valence-corrected chi connectivity index (χ3v) is 4.71. The molecule has 0 bridgehead atoms. The number of carbonyl (C=O) groups excluding carboxylic acids is 1. The van der Waals surface area contributed by atoms with E-state index in [1.54, 1.807) is 12.1 Å². The molecular weight excluding hydrogens is 317 g/mol. The first-order valence-corrected chi connectivity index (χ1v) is 8.85. The number of ether oxygens (including phenoxy) is 1. The zero-order valence-electron chi connectivity index (χ0n) is 14.5. The van der Waals surface area contributed by atoms with Crippen molar-refractivity contribution in [1.82, 2.24) is 4.90 Å². The number of hydrogen-bond acceptors (Lipinski definition) is 2. The van der Waals surface area contributed by atoms with E-state index in [9.17, 15) is 9.18 Å². The minimum absolute atomic E-state index is 0.102. The lowest BCUT2D eigenvalue weighted by molar-refractivity contribution is -0.134. The average molecular weight is 341 g/mol. The number of hydrogen-bond donors (Lipinski definition) is 0. The van der Waals surface area contributed by atoms with E-state index in [1.165, 1.54) is 25.0 Å². The number of amides is 1. The van der Waals surface area contributed by atoms with Gasteiger partial charge in [-0.3, -0.25) is 4.79 Å². The van der Waals surface area contributed by atoms with Crippen molar-refractivity contribution >= 4 is 5.91 Å². The van der Waals surface area contributed by atoms with Gasteiger partial charge in [-0.25, -0.2) is 4.39 Å². The molecule has 0 heterocycles. The van der Waals surface area contributed by atoms with Gasteiger partial charge >= 0.3 is 0 Å². The second-order valence-electron chi connectivity index (χ2n) is 6.64. The zero-order chi connectivity index (χ0) is 17.6. The Labute approximate surface area is 148 Å².